The average molecular weight is 211 g/mol. The number of fused-ring (bicyclic) bond motifs is 2. The predicted molar refractivity (Wildman–Crippen MR) is 64.1 cm³/mol. The highest BCUT2D eigenvalue weighted by molar-refractivity contribution is 6.40. The molecule has 1 heteroatoms. The lowest BCUT2D eigenvalue weighted by Crippen LogP contribution is -1.78. The van der Waals surface area contributed by atoms with Crippen molar-refractivity contribution in [3.05, 3.63) is 59.6 Å². The van der Waals surface area contributed by atoms with Gasteiger partial charge in [-0.1, -0.05) is 35.9 Å². The molecule has 0 unspecified atom stereocenters. The maximum atomic E-state index is 6.34. The zero-order chi connectivity index (χ0) is 10.3. The van der Waals surface area contributed by atoms with E-state index in [2.05, 4.69) is 18.2 Å². The molecule has 2 radical (unpaired) electrons. The van der Waals surface area contributed by atoms with E-state index in [-0.39, 0.29) is 0 Å². The summed E-state index contributed by atoms with van der Waals surface area (Å²) in [4.78, 5) is 0. The second kappa shape index (κ2) is 3.25. The van der Waals surface area contributed by atoms with Gasteiger partial charge in [0.15, 0.2) is 0 Å². The molecule has 0 aliphatic rings. The normalized spacial score (nSPS) is 11.0. The van der Waals surface area contributed by atoms with Gasteiger partial charge in [0.1, 0.15) is 0 Å². The highest BCUT2D eigenvalue weighted by atomic mass is 35.5. The van der Waals surface area contributed by atoms with Gasteiger partial charge in [0.05, 0.1) is 5.02 Å². The zero-order valence-corrected chi connectivity index (χ0v) is 8.68. The van der Waals surface area contributed by atoms with Crippen molar-refractivity contribution in [1.82, 2.24) is 0 Å². The van der Waals surface area contributed by atoms with Crippen molar-refractivity contribution in [1.29, 1.82) is 0 Å². The lowest BCUT2D eigenvalue weighted by Gasteiger charge is -2.04. The molecule has 0 saturated carbocycles. The van der Waals surface area contributed by atoms with Gasteiger partial charge in [0.25, 0.3) is 0 Å². The van der Waals surface area contributed by atoms with E-state index in [0.717, 1.165) is 26.6 Å². The molecule has 0 N–H and O–H groups in total. The fourth-order valence-corrected chi connectivity index (χ4v) is 2.17. The minimum atomic E-state index is 0.799. The molecule has 3 aromatic carbocycles. The van der Waals surface area contributed by atoms with Crippen LogP contribution in [0.2, 0.25) is 5.02 Å². The number of benzene rings is 3. The zero-order valence-electron chi connectivity index (χ0n) is 7.92. The number of hydrogen-bond donors (Lipinski definition) is 0. The second-order valence-electron chi connectivity index (χ2n) is 3.49. The second-order valence-corrected chi connectivity index (χ2v) is 3.86. The third-order valence-electron chi connectivity index (χ3n) is 2.58. The van der Waals surface area contributed by atoms with Gasteiger partial charge in [-0.15, -0.1) is 0 Å². The molecule has 0 amide bonds. The maximum absolute atomic E-state index is 6.34. The Hall–Kier alpha value is -1.53. The Morgan fingerprint density at radius 2 is 1.67 bits per heavy atom. The lowest BCUT2D eigenvalue weighted by molar-refractivity contribution is 1.74. The molecule has 0 aromatic heterocycles. The molecular weight excluding hydrogens is 204 g/mol. The van der Waals surface area contributed by atoms with Crippen LogP contribution in [0, 0.1) is 12.1 Å². The molecule has 3 rings (SSSR count). The van der Waals surface area contributed by atoms with E-state index in [1.165, 1.54) is 0 Å². The van der Waals surface area contributed by atoms with Crippen LogP contribution in [-0.4, -0.2) is 0 Å². The van der Waals surface area contributed by atoms with Crippen molar-refractivity contribution in [2.45, 2.75) is 0 Å². The molecule has 3 aromatic rings. The molecule has 0 spiro atoms. The van der Waals surface area contributed by atoms with E-state index in [0.29, 0.717) is 0 Å². The highest BCUT2D eigenvalue weighted by Gasteiger charge is 2.03. The van der Waals surface area contributed by atoms with Crippen molar-refractivity contribution in [2.24, 2.45) is 0 Å². The average Bonchev–Trinajstić information content (AvgIpc) is 2.30. The monoisotopic (exact) mass is 210 g/mol. The van der Waals surface area contributed by atoms with E-state index in [4.69, 9.17) is 11.6 Å². The summed E-state index contributed by atoms with van der Waals surface area (Å²) in [5, 5.41) is 5.20. The molecule has 0 nitrogen and oxygen atoms in total. The fraction of sp³-hybridized carbons (Fsp3) is 0. The van der Waals surface area contributed by atoms with Gasteiger partial charge in [-0.25, -0.2) is 0 Å². The minimum Gasteiger partial charge on any atom is -0.0830 e. The molecule has 0 fully saturated rings. The van der Waals surface area contributed by atoms with E-state index in [9.17, 15) is 0 Å². The van der Waals surface area contributed by atoms with Crippen LogP contribution in [0.15, 0.2) is 42.5 Å². The van der Waals surface area contributed by atoms with Crippen molar-refractivity contribution in [3.63, 3.8) is 0 Å². The van der Waals surface area contributed by atoms with E-state index < -0.39 is 0 Å². The minimum absolute atomic E-state index is 0.799. The lowest BCUT2D eigenvalue weighted by atomic mass is 10.0. The standard InChI is InChI=1S/C14H7Cl/c15-14-12-7-3-1-5-10(12)9-11-6-2-4-8-13(11)14/h1,4-9H. The smallest absolute Gasteiger partial charge is 0.0562 e. The van der Waals surface area contributed by atoms with Gasteiger partial charge in [0, 0.05) is 10.8 Å². The summed E-state index contributed by atoms with van der Waals surface area (Å²) in [5.41, 5.74) is 0. The first-order chi connectivity index (χ1) is 7.36. The van der Waals surface area contributed by atoms with Crippen LogP contribution in [0.3, 0.4) is 0 Å². The van der Waals surface area contributed by atoms with Crippen molar-refractivity contribution in [2.75, 3.05) is 0 Å². The Morgan fingerprint density at radius 3 is 2.60 bits per heavy atom. The van der Waals surface area contributed by atoms with Crippen LogP contribution in [0.5, 0.6) is 0 Å². The summed E-state index contributed by atoms with van der Waals surface area (Å²) < 4.78 is 0. The van der Waals surface area contributed by atoms with Gasteiger partial charge in [-0.2, -0.15) is 0 Å². The topological polar surface area (TPSA) is 0 Å². The number of rotatable bonds is 0. The van der Waals surface area contributed by atoms with Gasteiger partial charge >= 0.3 is 0 Å². The Balaban J connectivity index is 2.60. The Labute approximate surface area is 93.1 Å². The summed E-state index contributed by atoms with van der Waals surface area (Å²) in [6.45, 7) is 0. The van der Waals surface area contributed by atoms with Crippen LogP contribution in [0.4, 0.5) is 0 Å². The van der Waals surface area contributed by atoms with E-state index in [1.807, 2.05) is 36.4 Å². The fourth-order valence-electron chi connectivity index (χ4n) is 1.83. The molecule has 0 saturated heterocycles. The number of hydrogen-bond acceptors (Lipinski definition) is 0. The number of halogens is 1. The summed E-state index contributed by atoms with van der Waals surface area (Å²) in [6.07, 6.45) is 0. The van der Waals surface area contributed by atoms with E-state index >= 15 is 0 Å². The Kier molecular flexibility index (Phi) is 1.90. The first-order valence-corrected chi connectivity index (χ1v) is 5.12. The largest absolute Gasteiger partial charge is 0.0830 e. The third-order valence-corrected chi connectivity index (χ3v) is 2.98. The molecule has 0 aliphatic carbocycles. The predicted octanol–water partition coefficient (Wildman–Crippen LogP) is 4.25. The van der Waals surface area contributed by atoms with Crippen molar-refractivity contribution in [3.8, 4) is 0 Å². The van der Waals surface area contributed by atoms with Gasteiger partial charge in [-0.3, -0.25) is 0 Å². The Morgan fingerprint density at radius 1 is 0.867 bits per heavy atom. The molecular formula is C14H7Cl. The van der Waals surface area contributed by atoms with Gasteiger partial charge < -0.3 is 0 Å². The summed E-state index contributed by atoms with van der Waals surface area (Å²) in [6, 6.07) is 19.9. The summed E-state index contributed by atoms with van der Waals surface area (Å²) in [5.74, 6) is 0. The molecule has 0 heterocycles. The Bertz CT molecular complexity index is 587. The van der Waals surface area contributed by atoms with Crippen LogP contribution in [0.1, 0.15) is 0 Å². The van der Waals surface area contributed by atoms with Gasteiger partial charge in [-0.05, 0) is 41.1 Å². The summed E-state index contributed by atoms with van der Waals surface area (Å²) in [7, 11) is 0. The molecule has 70 valence electrons. The van der Waals surface area contributed by atoms with Crippen LogP contribution >= 0.6 is 11.6 Å². The SMILES string of the molecule is Clc1c2c[c]ccc2cc2c[c]ccc12. The molecule has 15 heavy (non-hydrogen) atoms. The van der Waals surface area contributed by atoms with Crippen molar-refractivity contribution < 1.29 is 0 Å². The maximum Gasteiger partial charge on any atom is 0.0562 e. The van der Waals surface area contributed by atoms with Gasteiger partial charge in [0.2, 0.25) is 0 Å². The van der Waals surface area contributed by atoms with Crippen LogP contribution in [-0.2, 0) is 0 Å². The quantitative estimate of drug-likeness (QED) is 0.487. The molecule has 0 atom stereocenters. The van der Waals surface area contributed by atoms with Crippen LogP contribution in [0.25, 0.3) is 21.5 Å². The van der Waals surface area contributed by atoms with E-state index in [1.54, 1.807) is 0 Å². The highest BCUT2D eigenvalue weighted by Crippen LogP contribution is 2.31. The van der Waals surface area contributed by atoms with Crippen molar-refractivity contribution >= 4 is 33.1 Å². The molecule has 0 aliphatic heterocycles. The third kappa shape index (κ3) is 1.30. The first kappa shape index (κ1) is 8.75. The van der Waals surface area contributed by atoms with Crippen LogP contribution < -0.4 is 0 Å². The summed E-state index contributed by atoms with van der Waals surface area (Å²) >= 11 is 6.34. The molecule has 0 bridgehead atoms. The first-order valence-electron chi connectivity index (χ1n) is 4.74.